The van der Waals surface area contributed by atoms with Gasteiger partial charge in [-0.25, -0.2) is 5.48 Å². The summed E-state index contributed by atoms with van der Waals surface area (Å²) >= 11 is 0. The summed E-state index contributed by atoms with van der Waals surface area (Å²) in [6.45, 7) is 3.02. The molecule has 0 saturated carbocycles. The largest absolute Gasteiger partial charge is 0.493 e. The first-order valence-electron chi connectivity index (χ1n) is 13.3. The van der Waals surface area contributed by atoms with E-state index < -0.39 is 6.23 Å². The summed E-state index contributed by atoms with van der Waals surface area (Å²) in [4.78, 5) is 24.0. The van der Waals surface area contributed by atoms with Crippen molar-refractivity contribution in [2.75, 3.05) is 6.61 Å². The SMILES string of the molecule is CCCCCCOc1ccccc1CN(C(=O)c1ccc(-c2cn[nH]c2)cc1)C(O)c1ccccc1.O=CNO. The highest BCUT2D eigenvalue weighted by Gasteiger charge is 2.26. The number of aromatic amines is 1. The number of ether oxygens (including phenoxy) is 1. The molecule has 1 aromatic heterocycles. The number of unbranched alkanes of at least 4 members (excludes halogenated alkanes) is 3. The number of para-hydroxylation sites is 1. The molecule has 0 spiro atoms. The van der Waals surface area contributed by atoms with E-state index in [1.54, 1.807) is 18.3 Å². The first-order valence-corrected chi connectivity index (χ1v) is 13.3. The summed E-state index contributed by atoms with van der Waals surface area (Å²) in [6.07, 6.45) is 7.10. The van der Waals surface area contributed by atoms with Gasteiger partial charge in [0.15, 0.2) is 6.23 Å². The van der Waals surface area contributed by atoms with E-state index in [-0.39, 0.29) is 18.9 Å². The lowest BCUT2D eigenvalue weighted by atomic mass is 10.1. The molecule has 0 fully saturated rings. The number of aromatic nitrogens is 2. The first-order chi connectivity index (χ1) is 19.6. The van der Waals surface area contributed by atoms with Crippen LogP contribution in [0.25, 0.3) is 11.1 Å². The summed E-state index contributed by atoms with van der Waals surface area (Å²) in [5, 5.41) is 25.3. The fourth-order valence-corrected chi connectivity index (χ4v) is 4.12. The Morgan fingerprint density at radius 2 is 1.70 bits per heavy atom. The Balaban J connectivity index is 0.00000103. The van der Waals surface area contributed by atoms with Crippen molar-refractivity contribution in [3.8, 4) is 16.9 Å². The average molecular weight is 545 g/mol. The van der Waals surface area contributed by atoms with Crippen molar-refractivity contribution in [1.29, 1.82) is 0 Å². The lowest BCUT2D eigenvalue weighted by molar-refractivity contribution is -0.116. The third-order valence-corrected chi connectivity index (χ3v) is 6.24. The molecule has 4 rings (SSSR count). The monoisotopic (exact) mass is 544 g/mol. The number of hydrogen-bond donors (Lipinski definition) is 4. The molecule has 4 N–H and O–H groups in total. The molecule has 0 bridgehead atoms. The molecule has 9 nitrogen and oxygen atoms in total. The van der Waals surface area contributed by atoms with Crippen molar-refractivity contribution >= 4 is 12.3 Å². The number of hydrogen-bond acceptors (Lipinski definition) is 6. The van der Waals surface area contributed by atoms with Gasteiger partial charge in [0.1, 0.15) is 5.75 Å². The van der Waals surface area contributed by atoms with Gasteiger partial charge in [0.05, 0.1) is 19.3 Å². The number of amides is 2. The van der Waals surface area contributed by atoms with Gasteiger partial charge in [-0.15, -0.1) is 0 Å². The molecular formula is C31H36N4O5. The second-order valence-electron chi connectivity index (χ2n) is 9.05. The summed E-state index contributed by atoms with van der Waals surface area (Å²) in [7, 11) is 0. The standard InChI is InChI=1S/C30H33N3O3.CH3NO2/c1-2-3-4-10-19-36-28-14-9-8-13-26(28)22-33(29(34)24-11-6-5-7-12-24)30(35)25-17-15-23(16-18-25)27-20-31-32-21-27;3-1-2-4/h5-9,11-18,20-21,29,34H,2-4,10,19,22H2,1H3,(H,31,32);1,4H,(H,2,3). The Morgan fingerprint density at radius 1 is 1.00 bits per heavy atom. The Labute approximate surface area is 234 Å². The third kappa shape index (κ3) is 8.79. The van der Waals surface area contributed by atoms with Gasteiger partial charge in [-0.05, 0) is 30.2 Å². The minimum absolute atomic E-state index is 0.181. The number of carbonyl (C=O) groups excluding carboxylic acids is 2. The highest BCUT2D eigenvalue weighted by Crippen LogP contribution is 2.28. The number of nitrogens with one attached hydrogen (secondary N) is 2. The molecule has 1 heterocycles. The molecule has 0 saturated heterocycles. The molecule has 1 atom stereocenters. The van der Waals surface area contributed by atoms with Gasteiger partial charge < -0.3 is 14.7 Å². The molecule has 210 valence electrons. The lowest BCUT2D eigenvalue weighted by Gasteiger charge is -2.29. The second kappa shape index (κ2) is 16.5. The average Bonchev–Trinajstić information content (AvgIpc) is 3.56. The van der Waals surface area contributed by atoms with E-state index in [1.807, 2.05) is 72.9 Å². The molecule has 3 aromatic carbocycles. The fraction of sp³-hybridized carbons (Fsp3) is 0.258. The Morgan fingerprint density at radius 3 is 2.35 bits per heavy atom. The van der Waals surface area contributed by atoms with Crippen LogP contribution in [0.1, 0.15) is 60.3 Å². The summed E-state index contributed by atoms with van der Waals surface area (Å²) < 4.78 is 6.08. The van der Waals surface area contributed by atoms with Crippen LogP contribution in [0.5, 0.6) is 5.75 Å². The molecular weight excluding hydrogens is 508 g/mol. The zero-order valence-corrected chi connectivity index (χ0v) is 22.6. The van der Waals surface area contributed by atoms with E-state index in [9.17, 15) is 9.90 Å². The third-order valence-electron chi connectivity index (χ3n) is 6.24. The minimum Gasteiger partial charge on any atom is -0.493 e. The van der Waals surface area contributed by atoms with Crippen molar-refractivity contribution in [2.45, 2.75) is 45.4 Å². The maximum absolute atomic E-state index is 13.7. The van der Waals surface area contributed by atoms with Crippen LogP contribution in [-0.2, 0) is 11.3 Å². The minimum atomic E-state index is -1.11. The molecule has 4 aromatic rings. The number of aliphatic hydroxyl groups excluding tert-OH is 1. The van der Waals surface area contributed by atoms with Gasteiger partial charge in [-0.2, -0.15) is 5.10 Å². The zero-order valence-electron chi connectivity index (χ0n) is 22.6. The van der Waals surface area contributed by atoms with Crippen LogP contribution < -0.4 is 10.2 Å². The van der Waals surface area contributed by atoms with Crippen LogP contribution in [0.3, 0.4) is 0 Å². The summed E-state index contributed by atoms with van der Waals surface area (Å²) in [5.74, 6) is 0.477. The second-order valence-corrected chi connectivity index (χ2v) is 9.05. The molecule has 40 heavy (non-hydrogen) atoms. The normalized spacial score (nSPS) is 11.1. The topological polar surface area (TPSA) is 128 Å². The predicted molar refractivity (Wildman–Crippen MR) is 152 cm³/mol. The van der Waals surface area contributed by atoms with Gasteiger partial charge in [0.2, 0.25) is 6.41 Å². The van der Waals surface area contributed by atoms with Gasteiger partial charge in [0.25, 0.3) is 5.91 Å². The Bertz CT molecular complexity index is 1280. The van der Waals surface area contributed by atoms with Crippen LogP contribution in [0, 0.1) is 0 Å². The summed E-state index contributed by atoms with van der Waals surface area (Å²) in [5.41, 5.74) is 5.15. The number of carbonyl (C=O) groups is 2. The number of hydroxylamine groups is 1. The summed E-state index contributed by atoms with van der Waals surface area (Å²) in [6, 6.07) is 24.3. The number of H-pyrrole nitrogens is 1. The van der Waals surface area contributed by atoms with Gasteiger partial charge in [0, 0.05) is 28.5 Å². The highest BCUT2D eigenvalue weighted by molar-refractivity contribution is 5.95. The van der Waals surface area contributed by atoms with Crippen molar-refractivity contribution in [2.24, 2.45) is 0 Å². The van der Waals surface area contributed by atoms with Crippen LogP contribution in [-0.4, -0.2) is 44.3 Å². The molecule has 0 aliphatic carbocycles. The zero-order chi connectivity index (χ0) is 28.6. The van der Waals surface area contributed by atoms with Crippen LogP contribution >= 0.6 is 0 Å². The molecule has 0 radical (unpaired) electrons. The van der Waals surface area contributed by atoms with E-state index in [0.29, 0.717) is 17.7 Å². The molecule has 0 aliphatic rings. The van der Waals surface area contributed by atoms with Crippen LogP contribution in [0.2, 0.25) is 0 Å². The predicted octanol–water partition coefficient (Wildman–Crippen LogP) is 5.49. The number of aliphatic hydroxyl groups is 1. The van der Waals surface area contributed by atoms with Gasteiger partial charge in [-0.1, -0.05) is 86.8 Å². The van der Waals surface area contributed by atoms with E-state index in [2.05, 4.69) is 17.1 Å². The van der Waals surface area contributed by atoms with E-state index >= 15 is 0 Å². The number of nitrogens with zero attached hydrogens (tertiary/aromatic N) is 2. The maximum Gasteiger partial charge on any atom is 0.256 e. The molecule has 9 heteroatoms. The Kier molecular flexibility index (Phi) is 12.4. The fourth-order valence-electron chi connectivity index (χ4n) is 4.12. The first kappa shape index (κ1) is 30.1. The smallest absolute Gasteiger partial charge is 0.256 e. The van der Waals surface area contributed by atoms with Crippen molar-refractivity contribution < 1.29 is 24.6 Å². The van der Waals surface area contributed by atoms with Crippen LogP contribution in [0.4, 0.5) is 0 Å². The highest BCUT2D eigenvalue weighted by atomic mass is 16.5. The quantitative estimate of drug-likeness (QED) is 0.0579. The molecule has 0 aliphatic heterocycles. The molecule has 2 amide bonds. The van der Waals surface area contributed by atoms with Gasteiger partial charge in [-0.3, -0.25) is 19.9 Å². The van der Waals surface area contributed by atoms with Gasteiger partial charge >= 0.3 is 0 Å². The molecule has 1 unspecified atom stereocenters. The lowest BCUT2D eigenvalue weighted by Crippen LogP contribution is -2.34. The van der Waals surface area contributed by atoms with Crippen LogP contribution in [0.15, 0.2) is 91.3 Å². The number of rotatable bonds is 13. The Hall–Kier alpha value is -4.47. The van der Waals surface area contributed by atoms with E-state index in [1.165, 1.54) is 23.2 Å². The maximum atomic E-state index is 13.7. The van der Waals surface area contributed by atoms with E-state index in [0.717, 1.165) is 35.3 Å². The van der Waals surface area contributed by atoms with Crippen molar-refractivity contribution in [1.82, 2.24) is 20.6 Å². The van der Waals surface area contributed by atoms with Crippen molar-refractivity contribution in [3.63, 3.8) is 0 Å². The van der Waals surface area contributed by atoms with Crippen molar-refractivity contribution in [3.05, 3.63) is 108 Å². The number of benzene rings is 3. The van der Waals surface area contributed by atoms with E-state index in [4.69, 9.17) is 14.7 Å².